The van der Waals surface area contributed by atoms with Crippen molar-refractivity contribution in [1.29, 1.82) is 0 Å². The molecule has 2 heterocycles. The summed E-state index contributed by atoms with van der Waals surface area (Å²) in [7, 11) is 0. The number of H-pyrrole nitrogens is 1. The first-order chi connectivity index (χ1) is 9.90. The molecule has 20 heavy (non-hydrogen) atoms. The molecule has 0 spiro atoms. The van der Waals surface area contributed by atoms with Crippen molar-refractivity contribution in [3.8, 4) is 21.3 Å². The molecule has 0 atom stereocenters. The summed E-state index contributed by atoms with van der Waals surface area (Å²) in [6.45, 7) is 0. The number of hydrogen-bond donors (Lipinski definition) is 1. The third-order valence-electron chi connectivity index (χ3n) is 3.16. The lowest BCUT2D eigenvalue weighted by Crippen LogP contribution is -1.76. The first kappa shape index (κ1) is 11.4. The van der Waals surface area contributed by atoms with E-state index in [1.54, 1.807) is 11.3 Å². The molecule has 3 nitrogen and oxygen atoms in total. The van der Waals surface area contributed by atoms with Crippen LogP contribution in [0.25, 0.3) is 32.3 Å². The molecule has 0 amide bonds. The molecule has 0 unspecified atom stereocenters. The van der Waals surface area contributed by atoms with Crippen LogP contribution < -0.4 is 0 Å². The van der Waals surface area contributed by atoms with Gasteiger partial charge in [0.05, 0.1) is 15.9 Å². The Bertz CT molecular complexity index is 828. The van der Waals surface area contributed by atoms with E-state index in [2.05, 4.69) is 27.1 Å². The predicted molar refractivity (Wildman–Crippen MR) is 82.6 cm³/mol. The van der Waals surface area contributed by atoms with E-state index in [1.165, 1.54) is 5.56 Å². The zero-order valence-electron chi connectivity index (χ0n) is 10.6. The molecule has 0 aliphatic rings. The molecule has 0 radical (unpaired) electrons. The van der Waals surface area contributed by atoms with E-state index < -0.39 is 0 Å². The number of thiazole rings is 1. The summed E-state index contributed by atoms with van der Waals surface area (Å²) in [6.07, 6.45) is 1.91. The Morgan fingerprint density at radius 1 is 0.900 bits per heavy atom. The van der Waals surface area contributed by atoms with E-state index in [1.807, 2.05) is 48.7 Å². The monoisotopic (exact) mass is 277 g/mol. The molecule has 4 aromatic rings. The summed E-state index contributed by atoms with van der Waals surface area (Å²) in [5.41, 5.74) is 3.20. The minimum atomic E-state index is 0.832. The molecule has 0 bridgehead atoms. The fourth-order valence-corrected chi connectivity index (χ4v) is 3.04. The lowest BCUT2D eigenvalue weighted by atomic mass is 10.2. The van der Waals surface area contributed by atoms with Crippen LogP contribution in [0.2, 0.25) is 0 Å². The number of hydrogen-bond acceptors (Lipinski definition) is 3. The molecule has 0 saturated heterocycles. The van der Waals surface area contributed by atoms with Gasteiger partial charge in [0.2, 0.25) is 0 Å². The summed E-state index contributed by atoms with van der Waals surface area (Å²) in [5.74, 6) is 0.832. The van der Waals surface area contributed by atoms with Gasteiger partial charge in [-0.2, -0.15) is 0 Å². The highest BCUT2D eigenvalue weighted by Crippen LogP contribution is 2.31. The maximum atomic E-state index is 4.58. The first-order valence-electron chi connectivity index (χ1n) is 6.36. The van der Waals surface area contributed by atoms with Crippen molar-refractivity contribution in [2.24, 2.45) is 0 Å². The highest BCUT2D eigenvalue weighted by molar-refractivity contribution is 7.18. The molecule has 0 saturated carbocycles. The fourth-order valence-electron chi connectivity index (χ4n) is 2.17. The van der Waals surface area contributed by atoms with Crippen molar-refractivity contribution in [2.45, 2.75) is 0 Å². The van der Waals surface area contributed by atoms with Crippen LogP contribution in [0.3, 0.4) is 0 Å². The van der Waals surface area contributed by atoms with Gasteiger partial charge in [0, 0.05) is 6.20 Å². The van der Waals surface area contributed by atoms with E-state index in [0.29, 0.717) is 0 Å². The molecular formula is C16H11N3S. The number of aromatic nitrogens is 3. The number of nitrogens with zero attached hydrogens (tertiary/aromatic N) is 2. The largest absolute Gasteiger partial charge is 0.336 e. The van der Waals surface area contributed by atoms with Gasteiger partial charge in [-0.25, -0.2) is 9.97 Å². The third kappa shape index (κ3) is 1.90. The Balaban J connectivity index is 1.78. The Morgan fingerprint density at radius 2 is 1.70 bits per heavy atom. The van der Waals surface area contributed by atoms with E-state index >= 15 is 0 Å². The van der Waals surface area contributed by atoms with Gasteiger partial charge in [0.1, 0.15) is 0 Å². The van der Waals surface area contributed by atoms with Crippen molar-refractivity contribution < 1.29 is 0 Å². The normalized spacial score (nSPS) is 11.0. The Labute approximate surface area is 120 Å². The number of fused-ring (bicyclic) bond motifs is 1. The maximum Gasteiger partial charge on any atom is 0.167 e. The maximum absolute atomic E-state index is 4.58. The van der Waals surface area contributed by atoms with Crippen LogP contribution in [0.4, 0.5) is 0 Å². The molecule has 4 rings (SSSR count). The van der Waals surface area contributed by atoms with Gasteiger partial charge in [0.25, 0.3) is 0 Å². The standard InChI is InChI=1S/C16H11N3S/c1-2-6-11(7-3-1)14-10-17-16(20-14)15-18-12-8-4-5-9-13(12)19-15/h1-10H,(H,18,19). The van der Waals surface area contributed by atoms with Gasteiger partial charge in [-0.15, -0.1) is 11.3 Å². The van der Waals surface area contributed by atoms with Crippen molar-refractivity contribution in [1.82, 2.24) is 15.0 Å². The van der Waals surface area contributed by atoms with E-state index in [-0.39, 0.29) is 0 Å². The number of nitrogens with one attached hydrogen (secondary N) is 1. The molecule has 4 heteroatoms. The van der Waals surface area contributed by atoms with Crippen LogP contribution in [-0.2, 0) is 0 Å². The van der Waals surface area contributed by atoms with Crippen LogP contribution >= 0.6 is 11.3 Å². The fraction of sp³-hybridized carbons (Fsp3) is 0. The summed E-state index contributed by atoms with van der Waals surface area (Å²) < 4.78 is 0. The van der Waals surface area contributed by atoms with Crippen molar-refractivity contribution in [3.63, 3.8) is 0 Å². The van der Waals surface area contributed by atoms with Crippen LogP contribution in [-0.4, -0.2) is 15.0 Å². The number of imidazole rings is 1. The van der Waals surface area contributed by atoms with Gasteiger partial charge in [-0.3, -0.25) is 0 Å². The minimum absolute atomic E-state index is 0.832. The van der Waals surface area contributed by atoms with Gasteiger partial charge in [-0.05, 0) is 17.7 Å². The van der Waals surface area contributed by atoms with Gasteiger partial charge in [-0.1, -0.05) is 42.5 Å². The van der Waals surface area contributed by atoms with Crippen LogP contribution in [0.15, 0.2) is 60.8 Å². The SMILES string of the molecule is c1ccc(-c2cnc(-c3nc4ccccc4[nH]3)s2)cc1. The first-order valence-corrected chi connectivity index (χ1v) is 7.18. The molecule has 2 aromatic heterocycles. The second-order valence-corrected chi connectivity index (χ2v) is 5.53. The second kappa shape index (κ2) is 4.58. The molecule has 1 N–H and O–H groups in total. The van der Waals surface area contributed by atoms with Crippen LogP contribution in [0.5, 0.6) is 0 Å². The van der Waals surface area contributed by atoms with E-state index in [0.717, 1.165) is 26.7 Å². The van der Waals surface area contributed by atoms with E-state index in [4.69, 9.17) is 0 Å². The van der Waals surface area contributed by atoms with Gasteiger partial charge < -0.3 is 4.98 Å². The third-order valence-corrected chi connectivity index (χ3v) is 4.21. The summed E-state index contributed by atoms with van der Waals surface area (Å²) in [4.78, 5) is 13.5. The second-order valence-electron chi connectivity index (χ2n) is 4.50. The number of benzene rings is 2. The lowest BCUT2D eigenvalue weighted by Gasteiger charge is -1.93. The smallest absolute Gasteiger partial charge is 0.167 e. The number of aromatic amines is 1. The topological polar surface area (TPSA) is 41.6 Å². The Morgan fingerprint density at radius 3 is 2.55 bits per heavy atom. The molecule has 2 aromatic carbocycles. The Hall–Kier alpha value is -2.46. The van der Waals surface area contributed by atoms with E-state index in [9.17, 15) is 0 Å². The summed E-state index contributed by atoms with van der Waals surface area (Å²) in [5, 5.41) is 0.917. The summed E-state index contributed by atoms with van der Waals surface area (Å²) in [6, 6.07) is 18.3. The summed E-state index contributed by atoms with van der Waals surface area (Å²) >= 11 is 1.65. The predicted octanol–water partition coefficient (Wildman–Crippen LogP) is 4.35. The highest BCUT2D eigenvalue weighted by Gasteiger charge is 2.10. The number of para-hydroxylation sites is 2. The van der Waals surface area contributed by atoms with Crippen molar-refractivity contribution in [3.05, 3.63) is 60.8 Å². The zero-order chi connectivity index (χ0) is 13.4. The van der Waals surface area contributed by atoms with Crippen LogP contribution in [0, 0.1) is 0 Å². The average molecular weight is 277 g/mol. The average Bonchev–Trinajstić information content (AvgIpc) is 3.14. The van der Waals surface area contributed by atoms with Crippen molar-refractivity contribution in [2.75, 3.05) is 0 Å². The lowest BCUT2D eigenvalue weighted by molar-refractivity contribution is 1.29. The quantitative estimate of drug-likeness (QED) is 0.591. The molecule has 0 aliphatic heterocycles. The van der Waals surface area contributed by atoms with Crippen molar-refractivity contribution >= 4 is 22.4 Å². The molecule has 0 fully saturated rings. The Kier molecular flexibility index (Phi) is 2.60. The van der Waals surface area contributed by atoms with Crippen LogP contribution in [0.1, 0.15) is 0 Å². The van der Waals surface area contributed by atoms with Gasteiger partial charge >= 0.3 is 0 Å². The molecule has 0 aliphatic carbocycles. The number of rotatable bonds is 2. The minimum Gasteiger partial charge on any atom is -0.336 e. The zero-order valence-corrected chi connectivity index (χ0v) is 11.4. The molecular weight excluding hydrogens is 266 g/mol. The molecule has 96 valence electrons. The van der Waals surface area contributed by atoms with Gasteiger partial charge in [0.15, 0.2) is 10.8 Å². The highest BCUT2D eigenvalue weighted by atomic mass is 32.1.